The van der Waals surface area contributed by atoms with Gasteiger partial charge in [0.15, 0.2) is 0 Å². The van der Waals surface area contributed by atoms with Crippen molar-refractivity contribution in [2.75, 3.05) is 27.2 Å². The molecule has 0 radical (unpaired) electrons. The van der Waals surface area contributed by atoms with Gasteiger partial charge in [0, 0.05) is 12.5 Å². The molecule has 0 bridgehead atoms. The van der Waals surface area contributed by atoms with Crippen molar-refractivity contribution < 1.29 is 9.84 Å². The second kappa shape index (κ2) is 9.94. The number of hydrogen-bond donors (Lipinski definition) is 1. The first-order chi connectivity index (χ1) is 11.1. The normalized spacial score (nSPS) is 18.0. The topological polar surface area (TPSA) is 32.7 Å². The van der Waals surface area contributed by atoms with E-state index in [2.05, 4.69) is 31.0 Å². The van der Waals surface area contributed by atoms with Crippen molar-refractivity contribution in [3.8, 4) is 5.75 Å². The smallest absolute Gasteiger partial charge is 0.118 e. The van der Waals surface area contributed by atoms with Crippen molar-refractivity contribution in [1.29, 1.82) is 0 Å². The van der Waals surface area contributed by atoms with E-state index in [-0.39, 0.29) is 5.92 Å². The fourth-order valence-electron chi connectivity index (χ4n) is 3.38. The summed E-state index contributed by atoms with van der Waals surface area (Å²) < 4.78 is 5.25. The highest BCUT2D eigenvalue weighted by atomic mass is 16.5. The number of nitrogens with zero attached hydrogens (tertiary/aromatic N) is 1. The van der Waals surface area contributed by atoms with E-state index in [9.17, 15) is 5.11 Å². The Labute approximate surface area is 142 Å². The summed E-state index contributed by atoms with van der Waals surface area (Å²) >= 11 is 0. The van der Waals surface area contributed by atoms with Gasteiger partial charge in [0.25, 0.3) is 0 Å². The summed E-state index contributed by atoms with van der Waals surface area (Å²) in [6, 6.07) is 8.22. The molecule has 0 saturated heterocycles. The van der Waals surface area contributed by atoms with Crippen LogP contribution in [0.15, 0.2) is 24.3 Å². The average Bonchev–Trinajstić information content (AvgIpc) is 2.62. The van der Waals surface area contributed by atoms with Gasteiger partial charge in [-0.3, -0.25) is 0 Å². The molecule has 1 fully saturated rings. The van der Waals surface area contributed by atoms with E-state index in [0.29, 0.717) is 0 Å². The molecule has 0 heterocycles. The molecule has 1 aromatic rings. The number of benzene rings is 1. The summed E-state index contributed by atoms with van der Waals surface area (Å²) in [6.45, 7) is 8.07. The second-order valence-corrected chi connectivity index (χ2v) is 6.34. The first-order valence-electron chi connectivity index (χ1n) is 9.14. The quantitative estimate of drug-likeness (QED) is 0.840. The molecule has 1 unspecified atom stereocenters. The molecule has 1 aliphatic rings. The molecule has 3 nitrogen and oxygen atoms in total. The van der Waals surface area contributed by atoms with Crippen LogP contribution in [-0.2, 0) is 0 Å². The molecule has 0 spiro atoms. The summed E-state index contributed by atoms with van der Waals surface area (Å²) in [5, 5.41) is 11.2. The fraction of sp³-hybridized carbons (Fsp3) is 0.700. The zero-order valence-corrected chi connectivity index (χ0v) is 15.6. The van der Waals surface area contributed by atoms with Crippen molar-refractivity contribution >= 4 is 0 Å². The van der Waals surface area contributed by atoms with Crippen molar-refractivity contribution in [3.63, 3.8) is 0 Å². The lowest BCUT2D eigenvalue weighted by molar-refractivity contribution is -0.0289. The molecule has 132 valence electrons. The lowest BCUT2D eigenvalue weighted by Crippen LogP contribution is -2.43. The van der Waals surface area contributed by atoms with Crippen LogP contribution in [-0.4, -0.2) is 42.9 Å². The number of ether oxygens (including phenoxy) is 1. The van der Waals surface area contributed by atoms with Gasteiger partial charge >= 0.3 is 0 Å². The summed E-state index contributed by atoms with van der Waals surface area (Å²) in [6.07, 6.45) is 5.36. The third-order valence-corrected chi connectivity index (χ3v) is 4.92. The first-order valence-corrected chi connectivity index (χ1v) is 9.14. The Kier molecular flexibility index (Phi) is 8.64. The molecule has 0 aliphatic heterocycles. The Balaban J connectivity index is 0.00000127. The van der Waals surface area contributed by atoms with Gasteiger partial charge in [-0.25, -0.2) is 0 Å². The van der Waals surface area contributed by atoms with Crippen LogP contribution in [0.4, 0.5) is 0 Å². The standard InChI is InChI=1S/C18H29NO2.C2H6/c1-4-19(2)14-17(18(20)12-6-5-7-13-18)15-8-10-16(21-3)11-9-15;1-2/h8-11,17,20H,4-7,12-14H2,1-3H3;1-2H3. The molecule has 0 amide bonds. The fourth-order valence-corrected chi connectivity index (χ4v) is 3.38. The SMILES string of the molecule is CC.CCN(C)CC(c1ccc(OC)cc1)C1(O)CCCCC1. The Bertz CT molecular complexity index is 424. The summed E-state index contributed by atoms with van der Waals surface area (Å²) in [4.78, 5) is 2.29. The number of hydrogen-bond acceptors (Lipinski definition) is 3. The van der Waals surface area contributed by atoms with Gasteiger partial charge < -0.3 is 14.7 Å². The largest absolute Gasteiger partial charge is 0.497 e. The van der Waals surface area contributed by atoms with Crippen molar-refractivity contribution in [1.82, 2.24) is 4.90 Å². The minimum absolute atomic E-state index is 0.175. The van der Waals surface area contributed by atoms with Crippen LogP contribution in [0.25, 0.3) is 0 Å². The zero-order valence-electron chi connectivity index (χ0n) is 15.6. The molecular weight excluding hydrogens is 286 g/mol. The molecular formula is C20H35NO2. The van der Waals surface area contributed by atoms with Crippen LogP contribution in [0.1, 0.15) is 64.4 Å². The van der Waals surface area contributed by atoms with E-state index in [1.807, 2.05) is 26.0 Å². The van der Waals surface area contributed by atoms with Gasteiger partial charge in [0.2, 0.25) is 0 Å². The molecule has 1 aromatic carbocycles. The maximum absolute atomic E-state index is 11.2. The molecule has 1 N–H and O–H groups in total. The minimum atomic E-state index is -0.559. The van der Waals surface area contributed by atoms with E-state index >= 15 is 0 Å². The summed E-state index contributed by atoms with van der Waals surface area (Å²) in [7, 11) is 3.81. The molecule has 1 atom stereocenters. The number of methoxy groups -OCH3 is 1. The molecule has 1 saturated carbocycles. The van der Waals surface area contributed by atoms with Gasteiger partial charge in [-0.15, -0.1) is 0 Å². The van der Waals surface area contributed by atoms with Crippen molar-refractivity contribution in [3.05, 3.63) is 29.8 Å². The van der Waals surface area contributed by atoms with E-state index in [4.69, 9.17) is 4.74 Å². The van der Waals surface area contributed by atoms with Gasteiger partial charge in [0.05, 0.1) is 12.7 Å². The highest BCUT2D eigenvalue weighted by Crippen LogP contribution is 2.40. The zero-order chi connectivity index (χ0) is 17.3. The third kappa shape index (κ3) is 5.50. The minimum Gasteiger partial charge on any atom is -0.497 e. The lowest BCUT2D eigenvalue weighted by atomic mass is 9.72. The third-order valence-electron chi connectivity index (χ3n) is 4.92. The van der Waals surface area contributed by atoms with E-state index in [0.717, 1.165) is 44.5 Å². The maximum Gasteiger partial charge on any atom is 0.118 e. The van der Waals surface area contributed by atoms with Gasteiger partial charge in [-0.05, 0) is 44.1 Å². The van der Waals surface area contributed by atoms with Crippen molar-refractivity contribution in [2.24, 2.45) is 0 Å². The van der Waals surface area contributed by atoms with Gasteiger partial charge in [-0.1, -0.05) is 52.2 Å². The van der Waals surface area contributed by atoms with Gasteiger partial charge in [0.1, 0.15) is 5.75 Å². The van der Waals surface area contributed by atoms with Crippen LogP contribution >= 0.6 is 0 Å². The highest BCUT2D eigenvalue weighted by molar-refractivity contribution is 5.31. The maximum atomic E-state index is 11.2. The van der Waals surface area contributed by atoms with E-state index in [1.54, 1.807) is 7.11 Å². The van der Waals surface area contributed by atoms with Crippen LogP contribution in [0.5, 0.6) is 5.75 Å². The predicted molar refractivity (Wildman–Crippen MR) is 98.3 cm³/mol. The Morgan fingerprint density at radius 2 is 1.70 bits per heavy atom. The first kappa shape index (κ1) is 20.0. The molecule has 23 heavy (non-hydrogen) atoms. The van der Waals surface area contributed by atoms with Crippen molar-refractivity contribution in [2.45, 2.75) is 64.4 Å². The Morgan fingerprint density at radius 3 is 2.17 bits per heavy atom. The Morgan fingerprint density at radius 1 is 1.13 bits per heavy atom. The summed E-state index contributed by atoms with van der Waals surface area (Å²) in [5.74, 6) is 1.05. The predicted octanol–water partition coefficient (Wildman–Crippen LogP) is 4.45. The van der Waals surface area contributed by atoms with Crippen LogP contribution in [0.3, 0.4) is 0 Å². The highest BCUT2D eigenvalue weighted by Gasteiger charge is 2.39. The Hall–Kier alpha value is -1.06. The number of likely N-dealkylation sites (N-methyl/N-ethyl adjacent to an activating group) is 1. The monoisotopic (exact) mass is 321 g/mol. The summed E-state index contributed by atoms with van der Waals surface area (Å²) in [5.41, 5.74) is 0.663. The molecule has 2 rings (SSSR count). The molecule has 1 aliphatic carbocycles. The average molecular weight is 322 g/mol. The number of aliphatic hydroxyl groups is 1. The van der Waals surface area contributed by atoms with Gasteiger partial charge in [-0.2, -0.15) is 0 Å². The second-order valence-electron chi connectivity index (χ2n) is 6.34. The van der Waals surface area contributed by atoms with E-state index < -0.39 is 5.60 Å². The molecule has 3 heteroatoms. The van der Waals surface area contributed by atoms with Crippen LogP contribution in [0, 0.1) is 0 Å². The van der Waals surface area contributed by atoms with Crippen LogP contribution < -0.4 is 4.74 Å². The lowest BCUT2D eigenvalue weighted by Gasteiger charge is -2.41. The molecule has 0 aromatic heterocycles. The van der Waals surface area contributed by atoms with E-state index in [1.165, 1.54) is 12.0 Å². The van der Waals surface area contributed by atoms with Crippen LogP contribution in [0.2, 0.25) is 0 Å². The number of rotatable bonds is 6.